The molecule has 1 aromatic carbocycles. The minimum atomic E-state index is -2.30. The summed E-state index contributed by atoms with van der Waals surface area (Å²) in [5.74, 6) is 0. The molecule has 0 aliphatic carbocycles. The topological polar surface area (TPSA) is 20.3 Å². The van der Waals surface area contributed by atoms with Gasteiger partial charge < -0.3 is 0 Å². The molecule has 2 nitrogen and oxygen atoms in total. The molecule has 0 aliphatic heterocycles. The van der Waals surface area contributed by atoms with Gasteiger partial charge in [0.05, 0.1) is 0 Å². The summed E-state index contributed by atoms with van der Waals surface area (Å²) >= 11 is 0. The molecule has 1 rings (SSSR count). The minimum Gasteiger partial charge on any atom is -0.267 e. The quantitative estimate of drug-likeness (QED) is 0.715. The first-order valence-corrected chi connectivity index (χ1v) is 6.38. The number of benzene rings is 1. The smallest absolute Gasteiger partial charge is 0.0270 e. The zero-order valence-corrected chi connectivity index (χ0v) is 9.51. The standard InChI is InChI=1S/C10H17NOS/c1-9-5-7-10(8-6-9)13(4,12)11(2)3/h5-8,13H,1-4H3. The van der Waals surface area contributed by atoms with Crippen molar-refractivity contribution in [3.8, 4) is 0 Å². The molecule has 0 bridgehead atoms. The zero-order valence-electron chi connectivity index (χ0n) is 8.61. The molecule has 0 unspecified atom stereocenters. The fourth-order valence-corrected chi connectivity index (χ4v) is 2.22. The van der Waals surface area contributed by atoms with Crippen molar-refractivity contribution in [1.29, 1.82) is 0 Å². The first kappa shape index (κ1) is 10.4. The van der Waals surface area contributed by atoms with Gasteiger partial charge in [-0.1, -0.05) is 17.7 Å². The fraction of sp³-hybridized carbons (Fsp3) is 0.400. The second-order valence-electron chi connectivity index (χ2n) is 3.56. The maximum Gasteiger partial charge on any atom is 0.0270 e. The Morgan fingerprint density at radius 2 is 1.62 bits per heavy atom. The lowest BCUT2D eigenvalue weighted by Crippen LogP contribution is -2.28. The predicted molar refractivity (Wildman–Crippen MR) is 58.6 cm³/mol. The van der Waals surface area contributed by atoms with Crippen LogP contribution in [0.25, 0.3) is 0 Å². The van der Waals surface area contributed by atoms with Gasteiger partial charge in [0.25, 0.3) is 0 Å². The van der Waals surface area contributed by atoms with Crippen LogP contribution in [0.5, 0.6) is 0 Å². The molecular weight excluding hydrogens is 182 g/mol. The maximum absolute atomic E-state index is 12.2. The van der Waals surface area contributed by atoms with Gasteiger partial charge >= 0.3 is 0 Å². The van der Waals surface area contributed by atoms with Crippen LogP contribution >= 0.6 is 0 Å². The van der Waals surface area contributed by atoms with Crippen LogP contribution < -0.4 is 0 Å². The molecule has 0 fully saturated rings. The van der Waals surface area contributed by atoms with Crippen molar-refractivity contribution in [2.24, 2.45) is 0 Å². The second kappa shape index (κ2) is 3.60. The van der Waals surface area contributed by atoms with Crippen LogP contribution in [-0.4, -0.2) is 28.9 Å². The number of nitrogens with zero attached hydrogens (tertiary/aromatic N) is 1. The molecule has 3 heteroatoms. The van der Waals surface area contributed by atoms with E-state index < -0.39 is 10.1 Å². The first-order chi connectivity index (χ1) is 5.94. The molecule has 1 aromatic rings. The Hall–Kier alpha value is -0.670. The molecule has 0 heterocycles. The van der Waals surface area contributed by atoms with Crippen LogP contribution in [-0.2, 0) is 10.1 Å². The van der Waals surface area contributed by atoms with E-state index in [0.717, 1.165) is 4.90 Å². The lowest BCUT2D eigenvalue weighted by atomic mass is 10.2. The van der Waals surface area contributed by atoms with Gasteiger partial charge in [0, 0.05) is 11.2 Å². The predicted octanol–water partition coefficient (Wildman–Crippen LogP) is 1.48. The summed E-state index contributed by atoms with van der Waals surface area (Å²) in [7, 11) is 1.39. The summed E-state index contributed by atoms with van der Waals surface area (Å²) in [6.07, 6.45) is 1.79. The van der Waals surface area contributed by atoms with Crippen LogP contribution in [0.3, 0.4) is 0 Å². The van der Waals surface area contributed by atoms with Gasteiger partial charge in [-0.25, -0.2) is 4.31 Å². The van der Waals surface area contributed by atoms with E-state index in [1.165, 1.54) is 5.56 Å². The molecule has 0 aromatic heterocycles. The molecule has 0 saturated carbocycles. The summed E-state index contributed by atoms with van der Waals surface area (Å²) < 4.78 is 13.9. The van der Waals surface area contributed by atoms with Crippen molar-refractivity contribution in [2.75, 3.05) is 20.4 Å². The number of aryl methyl sites for hydroxylation is 1. The Morgan fingerprint density at radius 1 is 1.15 bits per heavy atom. The van der Waals surface area contributed by atoms with E-state index in [9.17, 15) is 4.21 Å². The van der Waals surface area contributed by atoms with Gasteiger partial charge in [-0.15, -0.1) is 0 Å². The van der Waals surface area contributed by atoms with Crippen molar-refractivity contribution in [1.82, 2.24) is 4.31 Å². The molecule has 74 valence electrons. The van der Waals surface area contributed by atoms with Crippen molar-refractivity contribution in [3.63, 3.8) is 0 Å². The zero-order chi connectivity index (χ0) is 10.1. The van der Waals surface area contributed by atoms with Gasteiger partial charge in [-0.05, 0) is 43.3 Å². The highest BCUT2D eigenvalue weighted by molar-refractivity contribution is 8.00. The number of rotatable bonds is 2. The van der Waals surface area contributed by atoms with Crippen LogP contribution in [0.15, 0.2) is 29.2 Å². The van der Waals surface area contributed by atoms with Crippen LogP contribution in [0, 0.1) is 6.92 Å². The third kappa shape index (κ3) is 2.17. The molecule has 0 spiro atoms. The van der Waals surface area contributed by atoms with Gasteiger partial charge in [0.2, 0.25) is 0 Å². The summed E-state index contributed by atoms with van der Waals surface area (Å²) in [4.78, 5) is 0.920. The minimum absolute atomic E-state index is 0.920. The molecule has 0 aliphatic rings. The fourth-order valence-electron chi connectivity index (χ4n) is 1.05. The summed E-state index contributed by atoms with van der Waals surface area (Å²) in [5.41, 5.74) is 1.20. The summed E-state index contributed by atoms with van der Waals surface area (Å²) in [6, 6.07) is 7.87. The Morgan fingerprint density at radius 3 is 2.00 bits per heavy atom. The summed E-state index contributed by atoms with van der Waals surface area (Å²) in [5, 5.41) is 0. The lowest BCUT2D eigenvalue weighted by molar-refractivity contribution is 0.588. The van der Waals surface area contributed by atoms with E-state index in [2.05, 4.69) is 0 Å². The largest absolute Gasteiger partial charge is 0.267 e. The second-order valence-corrected chi connectivity index (χ2v) is 6.64. The van der Waals surface area contributed by atoms with Crippen LogP contribution in [0.1, 0.15) is 5.56 Å². The average Bonchev–Trinajstić information content (AvgIpc) is 2.04. The number of hydrogen-bond donors (Lipinski definition) is 1. The summed E-state index contributed by atoms with van der Waals surface area (Å²) in [6.45, 7) is 2.03. The van der Waals surface area contributed by atoms with Gasteiger partial charge in [0.15, 0.2) is 0 Å². The Balaban J connectivity index is 3.09. The van der Waals surface area contributed by atoms with Gasteiger partial charge in [-0.2, -0.15) is 0 Å². The Labute approximate surface area is 81.1 Å². The van der Waals surface area contributed by atoms with Crippen LogP contribution in [0.2, 0.25) is 0 Å². The van der Waals surface area contributed by atoms with Gasteiger partial charge in [-0.3, -0.25) is 4.21 Å². The highest BCUT2D eigenvalue weighted by atomic mass is 32.3. The Bertz CT molecular complexity index is 329. The van der Waals surface area contributed by atoms with Crippen molar-refractivity contribution in [2.45, 2.75) is 11.8 Å². The Kier molecular flexibility index (Phi) is 2.88. The van der Waals surface area contributed by atoms with Gasteiger partial charge in [0.1, 0.15) is 0 Å². The normalized spacial score (nSPS) is 13.3. The van der Waals surface area contributed by atoms with E-state index in [1.54, 1.807) is 10.6 Å². The molecular formula is C10H17NOS. The van der Waals surface area contributed by atoms with Crippen molar-refractivity contribution < 1.29 is 4.21 Å². The van der Waals surface area contributed by atoms with E-state index in [1.807, 2.05) is 45.3 Å². The molecule has 0 radical (unpaired) electrons. The highest BCUT2D eigenvalue weighted by Crippen LogP contribution is 2.18. The number of thiol groups is 1. The SMILES string of the molecule is Cc1ccc([SH](C)(=O)N(C)C)cc1. The molecule has 0 N–H and O–H groups in total. The highest BCUT2D eigenvalue weighted by Gasteiger charge is 2.12. The lowest BCUT2D eigenvalue weighted by Gasteiger charge is -2.26. The average molecular weight is 199 g/mol. The van der Waals surface area contributed by atoms with Crippen LogP contribution in [0.4, 0.5) is 0 Å². The monoisotopic (exact) mass is 199 g/mol. The molecule has 13 heavy (non-hydrogen) atoms. The van der Waals surface area contributed by atoms with E-state index >= 15 is 0 Å². The third-order valence-electron chi connectivity index (χ3n) is 2.28. The maximum atomic E-state index is 12.2. The molecule has 0 saturated heterocycles. The van der Waals surface area contributed by atoms with E-state index in [-0.39, 0.29) is 0 Å². The third-order valence-corrected chi connectivity index (χ3v) is 5.06. The molecule has 0 atom stereocenters. The van der Waals surface area contributed by atoms with Crippen molar-refractivity contribution in [3.05, 3.63) is 29.8 Å². The van der Waals surface area contributed by atoms with E-state index in [0.29, 0.717) is 0 Å². The number of hydrogen-bond acceptors (Lipinski definition) is 1. The molecule has 0 amide bonds. The van der Waals surface area contributed by atoms with E-state index in [4.69, 9.17) is 0 Å². The van der Waals surface area contributed by atoms with Crippen molar-refractivity contribution >= 4 is 10.1 Å². The first-order valence-electron chi connectivity index (χ1n) is 4.27.